The first-order valence-corrected chi connectivity index (χ1v) is 11.5. The molecule has 0 bridgehead atoms. The number of hydrogen-bond acceptors (Lipinski definition) is 8. The van der Waals surface area contributed by atoms with Gasteiger partial charge in [0.15, 0.2) is 5.82 Å². The van der Waals surface area contributed by atoms with Gasteiger partial charge in [0, 0.05) is 13.5 Å². The molecule has 3 aromatic rings. The first kappa shape index (κ1) is 21.5. The lowest BCUT2D eigenvalue weighted by Gasteiger charge is -2.27. The van der Waals surface area contributed by atoms with Crippen molar-refractivity contribution >= 4 is 5.97 Å². The van der Waals surface area contributed by atoms with Gasteiger partial charge in [-0.1, -0.05) is 5.21 Å². The van der Waals surface area contributed by atoms with E-state index in [0.717, 1.165) is 36.5 Å². The van der Waals surface area contributed by atoms with E-state index < -0.39 is 5.97 Å². The summed E-state index contributed by atoms with van der Waals surface area (Å²) in [5, 5.41) is 30.7. The second-order valence-electron chi connectivity index (χ2n) is 9.11. The van der Waals surface area contributed by atoms with Crippen molar-refractivity contribution in [3.05, 3.63) is 29.3 Å². The number of aliphatic carboxylic acids is 1. The zero-order valence-electron chi connectivity index (χ0n) is 18.9. The number of carbonyl (C=O) groups is 1. The van der Waals surface area contributed by atoms with Crippen LogP contribution in [-0.2, 0) is 24.8 Å². The van der Waals surface area contributed by atoms with Crippen LogP contribution < -0.4 is 4.74 Å². The molecule has 11 heteroatoms. The van der Waals surface area contributed by atoms with Gasteiger partial charge in [-0.3, -0.25) is 4.79 Å². The third kappa shape index (κ3) is 4.86. The first-order chi connectivity index (χ1) is 16.0. The quantitative estimate of drug-likeness (QED) is 0.546. The van der Waals surface area contributed by atoms with Gasteiger partial charge in [0.05, 0.1) is 29.1 Å². The average Bonchev–Trinajstić information content (AvgIpc) is 3.39. The van der Waals surface area contributed by atoms with Crippen molar-refractivity contribution in [1.82, 2.24) is 40.2 Å². The third-order valence-corrected chi connectivity index (χ3v) is 6.45. The molecule has 0 unspecified atom stereocenters. The molecule has 0 amide bonds. The summed E-state index contributed by atoms with van der Waals surface area (Å²) in [4.78, 5) is 17.6. The van der Waals surface area contributed by atoms with E-state index >= 15 is 0 Å². The number of carboxylic acids is 1. The topological polar surface area (TPSA) is 134 Å². The minimum atomic E-state index is -0.745. The summed E-state index contributed by atoms with van der Waals surface area (Å²) in [5.41, 5.74) is 2.92. The van der Waals surface area contributed by atoms with Crippen molar-refractivity contribution in [2.45, 2.75) is 64.5 Å². The minimum absolute atomic E-state index is 0.110. The Morgan fingerprint density at radius 2 is 2.03 bits per heavy atom. The molecule has 0 saturated heterocycles. The number of ether oxygens (including phenoxy) is 1. The molecule has 11 nitrogen and oxygen atoms in total. The molecule has 2 aliphatic rings. The smallest absolute Gasteiger partial charge is 0.306 e. The Bertz CT molecular complexity index is 1150. The number of carboxylic acid groups (broad SMARTS) is 1. The lowest BCUT2D eigenvalue weighted by molar-refractivity contribution is -0.143. The highest BCUT2D eigenvalue weighted by Gasteiger charge is 2.29. The Morgan fingerprint density at radius 1 is 1.18 bits per heavy atom. The van der Waals surface area contributed by atoms with Gasteiger partial charge in [0.25, 0.3) is 0 Å². The molecular weight excluding hydrogens is 424 g/mol. The molecule has 2 saturated carbocycles. The predicted octanol–water partition coefficient (Wildman–Crippen LogP) is 2.20. The molecule has 2 fully saturated rings. The van der Waals surface area contributed by atoms with Crippen LogP contribution in [0.5, 0.6) is 5.75 Å². The Labute approximate surface area is 191 Å². The number of nitrogens with zero attached hydrogens (tertiary/aromatic N) is 8. The normalized spacial score (nSPS) is 20.7. The minimum Gasteiger partial charge on any atom is -0.489 e. The number of hydrogen-bond donors (Lipinski definition) is 1. The summed E-state index contributed by atoms with van der Waals surface area (Å²) in [6, 6.07) is 3.74. The molecule has 33 heavy (non-hydrogen) atoms. The predicted molar refractivity (Wildman–Crippen MR) is 116 cm³/mol. The van der Waals surface area contributed by atoms with Gasteiger partial charge < -0.3 is 9.84 Å². The van der Waals surface area contributed by atoms with Crippen molar-refractivity contribution in [3.63, 3.8) is 0 Å². The van der Waals surface area contributed by atoms with Crippen molar-refractivity contribution < 1.29 is 14.6 Å². The van der Waals surface area contributed by atoms with Crippen LogP contribution >= 0.6 is 0 Å². The lowest BCUT2D eigenvalue weighted by atomic mass is 9.87. The third-order valence-electron chi connectivity index (χ3n) is 6.45. The molecule has 174 valence electrons. The monoisotopic (exact) mass is 452 g/mol. The first-order valence-electron chi connectivity index (χ1n) is 11.5. The summed E-state index contributed by atoms with van der Waals surface area (Å²) in [5.74, 6) is 1.06. The van der Waals surface area contributed by atoms with Gasteiger partial charge in [0.2, 0.25) is 0 Å². The van der Waals surface area contributed by atoms with E-state index in [1.165, 1.54) is 12.8 Å². The van der Waals surface area contributed by atoms with Crippen LogP contribution in [0.2, 0.25) is 0 Å². The summed E-state index contributed by atoms with van der Waals surface area (Å²) in [7, 11) is 1.83. The van der Waals surface area contributed by atoms with Crippen LogP contribution in [0.15, 0.2) is 12.1 Å². The largest absolute Gasteiger partial charge is 0.489 e. The standard InChI is InChI=1S/C22H28N8O3/c1-13-19(33-16-5-3-4-15(11-16)22(31)32)9-8-17(23-13)21-18(29(2)27-25-21)12-30-26-20(24-28-30)10-14-6-7-14/h8-9,14-16H,3-7,10-12H2,1-2H3,(H,31,32)/t15-,16-/m0/s1. The Kier molecular flexibility index (Phi) is 5.77. The average molecular weight is 453 g/mol. The second kappa shape index (κ2) is 8.87. The fourth-order valence-corrected chi connectivity index (χ4v) is 4.35. The molecule has 1 N–H and O–H groups in total. The molecule has 0 radical (unpaired) electrons. The van der Waals surface area contributed by atoms with E-state index in [1.54, 1.807) is 9.48 Å². The van der Waals surface area contributed by atoms with Gasteiger partial charge in [-0.15, -0.1) is 15.3 Å². The summed E-state index contributed by atoms with van der Waals surface area (Å²) in [6.07, 6.45) is 6.21. The van der Waals surface area contributed by atoms with Crippen molar-refractivity contribution in [2.24, 2.45) is 18.9 Å². The fraction of sp³-hybridized carbons (Fsp3) is 0.591. The summed E-state index contributed by atoms with van der Waals surface area (Å²) < 4.78 is 7.83. The van der Waals surface area contributed by atoms with Crippen molar-refractivity contribution in [2.75, 3.05) is 0 Å². The highest BCUT2D eigenvalue weighted by Crippen LogP contribution is 2.32. The number of rotatable bonds is 8. The zero-order chi connectivity index (χ0) is 22.9. The maximum atomic E-state index is 11.3. The van der Waals surface area contributed by atoms with Crippen LogP contribution in [0, 0.1) is 18.8 Å². The van der Waals surface area contributed by atoms with Crippen molar-refractivity contribution in [3.8, 4) is 17.1 Å². The molecule has 5 rings (SSSR count). The maximum Gasteiger partial charge on any atom is 0.306 e. The number of aromatic nitrogens is 8. The second-order valence-corrected chi connectivity index (χ2v) is 9.11. The Balaban J connectivity index is 1.31. The zero-order valence-corrected chi connectivity index (χ0v) is 18.9. The Morgan fingerprint density at radius 3 is 2.79 bits per heavy atom. The molecule has 3 aromatic heterocycles. The Hall–Kier alpha value is -3.37. The van der Waals surface area contributed by atoms with E-state index in [2.05, 4.69) is 25.7 Å². The number of aryl methyl sites for hydroxylation is 2. The highest BCUT2D eigenvalue weighted by molar-refractivity contribution is 5.70. The van der Waals surface area contributed by atoms with Gasteiger partial charge in [0.1, 0.15) is 18.0 Å². The van der Waals surface area contributed by atoms with Crippen LogP contribution in [-0.4, -0.2) is 57.4 Å². The lowest BCUT2D eigenvalue weighted by Crippen LogP contribution is -2.29. The molecule has 2 atom stereocenters. The number of pyridine rings is 1. The summed E-state index contributed by atoms with van der Waals surface area (Å²) in [6.45, 7) is 2.28. The fourth-order valence-electron chi connectivity index (χ4n) is 4.35. The van der Waals surface area contributed by atoms with Gasteiger partial charge in [-0.2, -0.15) is 4.80 Å². The summed E-state index contributed by atoms with van der Waals surface area (Å²) >= 11 is 0. The van der Waals surface area contributed by atoms with Crippen LogP contribution in [0.3, 0.4) is 0 Å². The van der Waals surface area contributed by atoms with Crippen LogP contribution in [0.1, 0.15) is 55.7 Å². The highest BCUT2D eigenvalue weighted by atomic mass is 16.5. The van der Waals surface area contributed by atoms with Crippen LogP contribution in [0.25, 0.3) is 11.4 Å². The van der Waals surface area contributed by atoms with Gasteiger partial charge in [-0.05, 0) is 68.7 Å². The van der Waals surface area contributed by atoms with E-state index in [0.29, 0.717) is 42.4 Å². The van der Waals surface area contributed by atoms with Crippen molar-refractivity contribution in [1.29, 1.82) is 0 Å². The SMILES string of the molecule is Cc1nc(-c2nnn(C)c2Cn2nnc(CC3CC3)n2)ccc1O[C@H]1CCC[C@H](C(=O)O)C1. The molecule has 0 aliphatic heterocycles. The molecule has 2 aliphatic carbocycles. The van der Waals surface area contributed by atoms with Gasteiger partial charge >= 0.3 is 5.97 Å². The van der Waals surface area contributed by atoms with E-state index in [4.69, 9.17) is 9.72 Å². The van der Waals surface area contributed by atoms with Gasteiger partial charge in [-0.25, -0.2) is 9.67 Å². The molecule has 0 spiro atoms. The molecular formula is C22H28N8O3. The van der Waals surface area contributed by atoms with E-state index in [9.17, 15) is 9.90 Å². The number of tetrazole rings is 1. The van der Waals surface area contributed by atoms with Crippen LogP contribution in [0.4, 0.5) is 0 Å². The van der Waals surface area contributed by atoms with E-state index in [-0.39, 0.29) is 12.0 Å². The molecule has 3 heterocycles. The molecule has 0 aromatic carbocycles. The maximum absolute atomic E-state index is 11.3. The van der Waals surface area contributed by atoms with E-state index in [1.807, 2.05) is 26.1 Å².